The van der Waals surface area contributed by atoms with Crippen LogP contribution in [0, 0.1) is 13.8 Å². The first-order valence-electron chi connectivity index (χ1n) is 9.37. The van der Waals surface area contributed by atoms with E-state index in [9.17, 15) is 0 Å². The number of H-pyrrole nitrogens is 2. The Morgan fingerprint density at radius 2 is 1.86 bits per heavy atom. The van der Waals surface area contributed by atoms with Gasteiger partial charge in [-0.1, -0.05) is 18.2 Å². The second-order valence-electron chi connectivity index (χ2n) is 7.39. The highest BCUT2D eigenvalue weighted by molar-refractivity contribution is 6.07. The van der Waals surface area contributed by atoms with Crippen LogP contribution in [-0.4, -0.2) is 19.9 Å². The molecule has 2 aromatic heterocycles. The number of fused-ring (bicyclic) bond motifs is 6. The van der Waals surface area contributed by atoms with E-state index in [1.807, 2.05) is 20.0 Å². The number of ether oxygens (including phenoxy) is 1. The minimum atomic E-state index is 0.562. The summed E-state index contributed by atoms with van der Waals surface area (Å²) in [6.45, 7) is 4.51. The highest BCUT2D eigenvalue weighted by Gasteiger charge is 2.20. The van der Waals surface area contributed by atoms with Crippen LogP contribution in [0.5, 0.6) is 5.75 Å². The summed E-state index contributed by atoms with van der Waals surface area (Å²) in [5.41, 5.74) is 7.76. The highest BCUT2D eigenvalue weighted by Crippen LogP contribution is 2.42. The molecule has 0 unspecified atom stereocenters. The van der Waals surface area contributed by atoms with Crippen molar-refractivity contribution < 1.29 is 4.74 Å². The van der Waals surface area contributed by atoms with Gasteiger partial charge in [0.1, 0.15) is 24.0 Å². The molecule has 2 N–H and O–H groups in total. The fourth-order valence-corrected chi connectivity index (χ4v) is 4.15. The summed E-state index contributed by atoms with van der Waals surface area (Å²) in [7, 11) is 0. The predicted molar refractivity (Wildman–Crippen MR) is 110 cm³/mol. The summed E-state index contributed by atoms with van der Waals surface area (Å²) in [5.74, 6) is 2.76. The molecule has 0 spiro atoms. The van der Waals surface area contributed by atoms with Crippen LogP contribution in [0.15, 0.2) is 48.7 Å². The molecule has 0 radical (unpaired) electrons. The van der Waals surface area contributed by atoms with Gasteiger partial charge in [-0.15, -0.1) is 0 Å². The Labute approximate surface area is 161 Å². The molecule has 0 saturated carbocycles. The predicted octanol–water partition coefficient (Wildman–Crippen LogP) is 5.28. The number of benzene rings is 3. The zero-order chi connectivity index (χ0) is 18.8. The smallest absolute Gasteiger partial charge is 0.128 e. The van der Waals surface area contributed by atoms with Gasteiger partial charge in [-0.3, -0.25) is 0 Å². The second kappa shape index (κ2) is 5.45. The normalized spacial score (nSPS) is 12.8. The zero-order valence-corrected chi connectivity index (χ0v) is 15.6. The molecule has 5 heteroatoms. The average Bonchev–Trinajstić information content (AvgIpc) is 3.31. The van der Waals surface area contributed by atoms with E-state index in [0.29, 0.717) is 6.61 Å². The van der Waals surface area contributed by atoms with Gasteiger partial charge in [0.15, 0.2) is 0 Å². The molecule has 0 atom stereocenters. The maximum Gasteiger partial charge on any atom is 0.128 e. The largest absolute Gasteiger partial charge is 0.488 e. The van der Waals surface area contributed by atoms with Gasteiger partial charge >= 0.3 is 0 Å². The molecule has 28 heavy (non-hydrogen) atoms. The van der Waals surface area contributed by atoms with Crippen molar-refractivity contribution in [2.24, 2.45) is 0 Å². The number of hydrogen-bond donors (Lipinski definition) is 2. The minimum absolute atomic E-state index is 0.562. The van der Waals surface area contributed by atoms with Gasteiger partial charge in [0.2, 0.25) is 0 Å². The molecule has 0 saturated heterocycles. The molecule has 0 amide bonds. The Kier molecular flexibility index (Phi) is 3.01. The lowest BCUT2D eigenvalue weighted by Gasteiger charge is -2.22. The number of aromatic amines is 2. The van der Waals surface area contributed by atoms with Crippen LogP contribution in [0.25, 0.3) is 44.2 Å². The van der Waals surface area contributed by atoms with E-state index < -0.39 is 0 Å². The minimum Gasteiger partial charge on any atom is -0.488 e. The van der Waals surface area contributed by atoms with Crippen LogP contribution in [0.2, 0.25) is 0 Å². The fourth-order valence-electron chi connectivity index (χ4n) is 4.15. The molecule has 6 rings (SSSR count). The first kappa shape index (κ1) is 15.5. The Bertz CT molecular complexity index is 1390. The molecule has 0 aliphatic carbocycles. The molecule has 5 aromatic rings. The maximum absolute atomic E-state index is 6.15. The van der Waals surface area contributed by atoms with Crippen LogP contribution in [0.1, 0.15) is 17.2 Å². The van der Waals surface area contributed by atoms with Gasteiger partial charge in [0.25, 0.3) is 0 Å². The van der Waals surface area contributed by atoms with Gasteiger partial charge in [0, 0.05) is 10.9 Å². The average molecular weight is 366 g/mol. The molecule has 1 aliphatic rings. The Hall–Kier alpha value is -3.60. The summed E-state index contributed by atoms with van der Waals surface area (Å²) in [5, 5.41) is 2.32. The summed E-state index contributed by atoms with van der Waals surface area (Å²) in [4.78, 5) is 15.5. The summed E-state index contributed by atoms with van der Waals surface area (Å²) in [6.07, 6.45) is 1.87. The van der Waals surface area contributed by atoms with Gasteiger partial charge in [0.05, 0.1) is 22.9 Å². The fraction of sp³-hybridized carbons (Fsp3) is 0.130. The van der Waals surface area contributed by atoms with Crippen molar-refractivity contribution in [3.8, 4) is 28.1 Å². The van der Waals surface area contributed by atoms with E-state index in [1.54, 1.807) is 0 Å². The molecule has 1 aliphatic heterocycles. The van der Waals surface area contributed by atoms with Crippen LogP contribution < -0.4 is 4.74 Å². The number of hydrogen-bond acceptors (Lipinski definition) is 3. The highest BCUT2D eigenvalue weighted by atomic mass is 16.5. The Morgan fingerprint density at radius 3 is 2.71 bits per heavy atom. The SMILES string of the molecule is Cc1ncc(-c2ccc3c(c2)COc2cc4c(ccc5nc(C)[nH]c54)cc2-3)[nH]1. The van der Waals surface area contributed by atoms with Gasteiger partial charge in [-0.05, 0) is 60.2 Å². The number of rotatable bonds is 1. The van der Waals surface area contributed by atoms with Crippen molar-refractivity contribution in [3.05, 3.63) is 65.9 Å². The van der Waals surface area contributed by atoms with Gasteiger partial charge in [-0.25, -0.2) is 9.97 Å². The molecule has 3 aromatic carbocycles. The lowest BCUT2D eigenvalue weighted by Crippen LogP contribution is -2.05. The van der Waals surface area contributed by atoms with E-state index in [4.69, 9.17) is 4.74 Å². The third-order valence-corrected chi connectivity index (χ3v) is 5.48. The van der Waals surface area contributed by atoms with E-state index in [-0.39, 0.29) is 0 Å². The lowest BCUT2D eigenvalue weighted by molar-refractivity contribution is 0.303. The monoisotopic (exact) mass is 366 g/mol. The summed E-state index contributed by atoms with van der Waals surface area (Å²) < 4.78 is 6.15. The van der Waals surface area contributed by atoms with Crippen LogP contribution in [0.3, 0.4) is 0 Å². The third-order valence-electron chi connectivity index (χ3n) is 5.48. The third kappa shape index (κ3) is 2.19. The van der Waals surface area contributed by atoms with Crippen molar-refractivity contribution >= 4 is 21.8 Å². The summed E-state index contributed by atoms with van der Waals surface area (Å²) in [6, 6.07) is 15.1. The van der Waals surface area contributed by atoms with Gasteiger partial charge in [-0.2, -0.15) is 0 Å². The van der Waals surface area contributed by atoms with Crippen molar-refractivity contribution in [1.82, 2.24) is 19.9 Å². The molecule has 0 fully saturated rings. The number of aryl methyl sites for hydroxylation is 2. The quantitative estimate of drug-likeness (QED) is 0.424. The first-order chi connectivity index (χ1) is 13.7. The number of imidazole rings is 2. The number of nitrogens with one attached hydrogen (secondary N) is 2. The first-order valence-corrected chi connectivity index (χ1v) is 9.37. The van der Waals surface area contributed by atoms with Crippen molar-refractivity contribution in [2.75, 3.05) is 0 Å². The van der Waals surface area contributed by atoms with Crippen LogP contribution in [0.4, 0.5) is 0 Å². The summed E-state index contributed by atoms with van der Waals surface area (Å²) >= 11 is 0. The maximum atomic E-state index is 6.15. The molecular weight excluding hydrogens is 348 g/mol. The van der Waals surface area contributed by atoms with Crippen molar-refractivity contribution in [3.63, 3.8) is 0 Å². The molecule has 136 valence electrons. The topological polar surface area (TPSA) is 66.6 Å². The lowest BCUT2D eigenvalue weighted by atomic mass is 9.92. The van der Waals surface area contributed by atoms with E-state index in [1.165, 1.54) is 16.5 Å². The van der Waals surface area contributed by atoms with Crippen LogP contribution in [-0.2, 0) is 6.61 Å². The molecular formula is C23H18N4O. The van der Waals surface area contributed by atoms with Crippen LogP contribution >= 0.6 is 0 Å². The number of aromatic nitrogens is 4. The molecule has 0 bridgehead atoms. The second-order valence-corrected chi connectivity index (χ2v) is 7.39. The van der Waals surface area contributed by atoms with Crippen molar-refractivity contribution in [1.29, 1.82) is 0 Å². The zero-order valence-electron chi connectivity index (χ0n) is 15.6. The Morgan fingerprint density at radius 1 is 0.929 bits per heavy atom. The molecule has 5 nitrogen and oxygen atoms in total. The molecule has 3 heterocycles. The van der Waals surface area contributed by atoms with Crippen molar-refractivity contribution in [2.45, 2.75) is 20.5 Å². The Balaban J connectivity index is 1.53. The number of nitrogens with zero attached hydrogens (tertiary/aromatic N) is 2. The van der Waals surface area contributed by atoms with Gasteiger partial charge < -0.3 is 14.7 Å². The van der Waals surface area contributed by atoms with E-state index in [0.717, 1.165) is 50.6 Å². The standard InChI is InChI=1S/C23H18N4O/c1-12-24-10-21(25-12)15-3-5-17-16(7-15)11-28-22-9-18-14(8-19(17)22)4-6-20-23(18)27-13(2)26-20/h3-10H,11H2,1-2H3,(H,24,25)(H,26,27). The van der Waals surface area contributed by atoms with E-state index in [2.05, 4.69) is 62.4 Å². The van der Waals surface area contributed by atoms with E-state index >= 15 is 0 Å².